The number of benzene rings is 1. The zero-order chi connectivity index (χ0) is 25.4. The Bertz CT molecular complexity index is 869. The quantitative estimate of drug-likeness (QED) is 0.224. The summed E-state index contributed by atoms with van der Waals surface area (Å²) in [4.78, 5) is 27.9. The van der Waals surface area contributed by atoms with E-state index in [0.717, 1.165) is 67.3 Å². The first-order valence-electron chi connectivity index (χ1n) is 12.6. The van der Waals surface area contributed by atoms with Gasteiger partial charge in [-0.2, -0.15) is 0 Å². The molecule has 0 spiro atoms. The summed E-state index contributed by atoms with van der Waals surface area (Å²) in [5.41, 5.74) is 5.47. The molecule has 0 radical (unpaired) electrons. The Morgan fingerprint density at radius 2 is 1.68 bits per heavy atom. The molecule has 0 atom stereocenters. The van der Waals surface area contributed by atoms with Crippen LogP contribution in [0.4, 0.5) is 0 Å². The lowest BCUT2D eigenvalue weighted by molar-refractivity contribution is -0.117. The lowest BCUT2D eigenvalue weighted by Crippen LogP contribution is -2.26. The van der Waals surface area contributed by atoms with Crippen LogP contribution in [0.15, 0.2) is 48.0 Å². The first-order chi connectivity index (χ1) is 16.2. The Kier molecular flexibility index (Phi) is 13.8. The molecule has 0 unspecified atom stereocenters. The number of hydrogen-bond donors (Lipinski definition) is 1. The van der Waals surface area contributed by atoms with E-state index in [-0.39, 0.29) is 11.3 Å². The van der Waals surface area contributed by atoms with Crippen LogP contribution in [0.1, 0.15) is 89.2 Å². The van der Waals surface area contributed by atoms with Gasteiger partial charge in [0.15, 0.2) is 0 Å². The van der Waals surface area contributed by atoms with Crippen LogP contribution in [0.2, 0.25) is 0 Å². The molecule has 0 saturated carbocycles. The topological polar surface area (TPSA) is 59.1 Å². The monoisotopic (exact) mass is 464 g/mol. The Morgan fingerprint density at radius 1 is 1.06 bits per heavy atom. The van der Waals surface area contributed by atoms with Gasteiger partial charge in [0.1, 0.15) is 6.29 Å². The van der Waals surface area contributed by atoms with Crippen molar-refractivity contribution < 1.29 is 9.59 Å². The van der Waals surface area contributed by atoms with Crippen molar-refractivity contribution in [3.8, 4) is 0 Å². The summed E-state index contributed by atoms with van der Waals surface area (Å²) in [6.45, 7) is 13.4. The number of rotatable bonds is 11. The molecule has 0 bridgehead atoms. The van der Waals surface area contributed by atoms with Crippen LogP contribution in [-0.4, -0.2) is 23.7 Å². The molecule has 186 valence electrons. The van der Waals surface area contributed by atoms with Crippen molar-refractivity contribution in [3.05, 3.63) is 70.6 Å². The molecule has 0 aliphatic carbocycles. The fourth-order valence-electron chi connectivity index (χ4n) is 3.44. The molecule has 4 heteroatoms. The highest BCUT2D eigenvalue weighted by Gasteiger charge is 2.15. The van der Waals surface area contributed by atoms with E-state index in [0.29, 0.717) is 13.0 Å². The van der Waals surface area contributed by atoms with Crippen LogP contribution in [0, 0.1) is 12.3 Å². The maximum absolute atomic E-state index is 12.6. The van der Waals surface area contributed by atoms with Crippen molar-refractivity contribution in [2.45, 2.75) is 86.5 Å². The van der Waals surface area contributed by atoms with Gasteiger partial charge < -0.3 is 10.1 Å². The van der Waals surface area contributed by atoms with Gasteiger partial charge in [0.05, 0.1) is 0 Å². The highest BCUT2D eigenvalue weighted by molar-refractivity contribution is 5.98. The highest BCUT2D eigenvalue weighted by Crippen LogP contribution is 2.25. The van der Waals surface area contributed by atoms with Crippen LogP contribution < -0.4 is 5.32 Å². The largest absolute Gasteiger partial charge is 0.352 e. The molecule has 1 aromatic carbocycles. The number of unbranched alkanes of at least 4 members (excludes halogenated alkanes) is 1. The molecule has 1 aromatic heterocycles. The van der Waals surface area contributed by atoms with E-state index in [1.807, 2.05) is 49.4 Å². The maximum atomic E-state index is 12.6. The third-order valence-electron chi connectivity index (χ3n) is 5.54. The van der Waals surface area contributed by atoms with Crippen molar-refractivity contribution in [2.75, 3.05) is 6.54 Å². The first-order valence-corrected chi connectivity index (χ1v) is 12.6. The second-order valence-electron chi connectivity index (χ2n) is 9.82. The van der Waals surface area contributed by atoms with Gasteiger partial charge in [0.2, 0.25) is 5.91 Å². The standard InChI is InChI=1S/C24H38N2O2.C6H6/c1-7-9-11-20(23(28)25-14-10-15-27)17-21-16-19(12-13-24(4,5)6)22(8-2)26-18(21)3;1-2-4-6-5-3-1/h15-17H,7-14H2,1-6H3,(H,25,28);1-6H/b20-17+;. The van der Waals surface area contributed by atoms with Crippen LogP contribution >= 0.6 is 0 Å². The van der Waals surface area contributed by atoms with E-state index in [9.17, 15) is 9.59 Å². The number of hydrogen-bond acceptors (Lipinski definition) is 3. The molecule has 1 amide bonds. The summed E-state index contributed by atoms with van der Waals surface area (Å²) in [7, 11) is 0. The second kappa shape index (κ2) is 16.0. The number of nitrogens with zero attached hydrogens (tertiary/aromatic N) is 1. The fourth-order valence-corrected chi connectivity index (χ4v) is 3.44. The maximum Gasteiger partial charge on any atom is 0.247 e. The number of carbonyl (C=O) groups is 2. The second-order valence-corrected chi connectivity index (χ2v) is 9.82. The summed E-state index contributed by atoms with van der Waals surface area (Å²) in [5.74, 6) is -0.0782. The third kappa shape index (κ3) is 11.9. The average Bonchev–Trinajstić information content (AvgIpc) is 2.82. The van der Waals surface area contributed by atoms with E-state index >= 15 is 0 Å². The Balaban J connectivity index is 0.000000830. The predicted molar refractivity (Wildman–Crippen MR) is 144 cm³/mol. The molecule has 4 nitrogen and oxygen atoms in total. The molecule has 1 heterocycles. The normalized spacial score (nSPS) is 11.4. The van der Waals surface area contributed by atoms with Gasteiger partial charge in [-0.05, 0) is 67.7 Å². The van der Waals surface area contributed by atoms with Crippen LogP contribution in [-0.2, 0) is 22.4 Å². The summed E-state index contributed by atoms with van der Waals surface area (Å²) in [6.07, 6.45) is 8.90. The van der Waals surface area contributed by atoms with Gasteiger partial charge in [-0.25, -0.2) is 0 Å². The number of amides is 1. The minimum absolute atomic E-state index is 0.0782. The molecule has 2 aromatic rings. The molecule has 2 rings (SSSR count). The minimum atomic E-state index is -0.0782. The number of aldehydes is 1. The van der Waals surface area contributed by atoms with E-state index in [1.165, 1.54) is 5.56 Å². The summed E-state index contributed by atoms with van der Waals surface area (Å²) in [5, 5.41) is 2.86. The number of aromatic nitrogens is 1. The van der Waals surface area contributed by atoms with Gasteiger partial charge in [-0.3, -0.25) is 9.78 Å². The number of carbonyl (C=O) groups excluding carboxylic acids is 2. The van der Waals surface area contributed by atoms with Gasteiger partial charge in [0.25, 0.3) is 0 Å². The fraction of sp³-hybridized carbons (Fsp3) is 0.500. The first kappa shape index (κ1) is 29.3. The summed E-state index contributed by atoms with van der Waals surface area (Å²) in [6, 6.07) is 14.2. The van der Waals surface area contributed by atoms with Crippen molar-refractivity contribution in [3.63, 3.8) is 0 Å². The summed E-state index contributed by atoms with van der Waals surface area (Å²) < 4.78 is 0. The van der Waals surface area contributed by atoms with Crippen molar-refractivity contribution in [1.82, 2.24) is 10.3 Å². The Hall–Kier alpha value is -2.75. The lowest BCUT2D eigenvalue weighted by Gasteiger charge is -2.19. The van der Waals surface area contributed by atoms with Crippen LogP contribution in [0.3, 0.4) is 0 Å². The van der Waals surface area contributed by atoms with Crippen molar-refractivity contribution in [1.29, 1.82) is 0 Å². The molecule has 34 heavy (non-hydrogen) atoms. The zero-order valence-electron chi connectivity index (χ0n) is 22.1. The highest BCUT2D eigenvalue weighted by atomic mass is 16.1. The average molecular weight is 465 g/mol. The zero-order valence-corrected chi connectivity index (χ0v) is 22.1. The molecule has 1 N–H and O–H groups in total. The van der Waals surface area contributed by atoms with Gasteiger partial charge in [-0.1, -0.05) is 77.4 Å². The number of aryl methyl sites for hydroxylation is 3. The Morgan fingerprint density at radius 3 is 2.18 bits per heavy atom. The van der Waals surface area contributed by atoms with Crippen molar-refractivity contribution in [2.24, 2.45) is 5.41 Å². The minimum Gasteiger partial charge on any atom is -0.352 e. The van der Waals surface area contributed by atoms with Crippen LogP contribution in [0.25, 0.3) is 6.08 Å². The summed E-state index contributed by atoms with van der Waals surface area (Å²) >= 11 is 0. The van der Waals surface area contributed by atoms with Gasteiger partial charge in [0, 0.05) is 29.9 Å². The van der Waals surface area contributed by atoms with E-state index in [2.05, 4.69) is 46.0 Å². The molecule has 0 fully saturated rings. The van der Waals surface area contributed by atoms with Crippen molar-refractivity contribution >= 4 is 18.3 Å². The Labute approximate surface area is 207 Å². The smallest absolute Gasteiger partial charge is 0.247 e. The van der Waals surface area contributed by atoms with Gasteiger partial charge in [-0.15, -0.1) is 0 Å². The molecule has 0 aliphatic rings. The third-order valence-corrected chi connectivity index (χ3v) is 5.54. The lowest BCUT2D eigenvalue weighted by atomic mass is 9.87. The van der Waals surface area contributed by atoms with E-state index in [1.54, 1.807) is 0 Å². The van der Waals surface area contributed by atoms with E-state index < -0.39 is 0 Å². The van der Waals surface area contributed by atoms with Crippen LogP contribution in [0.5, 0.6) is 0 Å². The molecule has 0 saturated heterocycles. The molecular formula is C30H44N2O2. The SMILES string of the molecule is CCCC/C(=C\c1cc(CCC(C)(C)C)c(CC)nc1C)C(=O)NCCC=O.c1ccccc1. The molecular weight excluding hydrogens is 420 g/mol. The van der Waals surface area contributed by atoms with E-state index in [4.69, 9.17) is 4.98 Å². The molecule has 0 aliphatic heterocycles. The number of nitrogens with one attached hydrogen (secondary N) is 1. The van der Waals surface area contributed by atoms with Gasteiger partial charge >= 0.3 is 0 Å². The predicted octanol–water partition coefficient (Wildman–Crippen LogP) is 6.90. The number of pyridine rings is 1.